The number of hydrogen-bond donors (Lipinski definition) is 0. The molecule has 0 aliphatic carbocycles. The Morgan fingerprint density at radius 1 is 0.895 bits per heavy atom. The van der Waals surface area contributed by atoms with Gasteiger partial charge >= 0.3 is 0 Å². The van der Waals surface area contributed by atoms with Crippen molar-refractivity contribution in [3.63, 3.8) is 0 Å². The lowest BCUT2D eigenvalue weighted by atomic mass is 9.83. The molecule has 0 bridgehead atoms. The Morgan fingerprint density at radius 2 is 1.55 bits per heavy atom. The lowest BCUT2D eigenvalue weighted by Crippen LogP contribution is -2.56. The predicted molar refractivity (Wildman–Crippen MR) is 143 cm³/mol. The van der Waals surface area contributed by atoms with Crippen molar-refractivity contribution in [1.29, 1.82) is 0 Å². The maximum absolute atomic E-state index is 13.7. The Bertz CT molecular complexity index is 1470. The first-order valence-electron chi connectivity index (χ1n) is 12.9. The number of carbonyl (C=O) groups excluding carboxylic acids is 2. The van der Waals surface area contributed by atoms with E-state index in [1.54, 1.807) is 34.1 Å². The molecule has 1 spiro atoms. The Hall–Kier alpha value is -4.33. The second-order valence-corrected chi connectivity index (χ2v) is 10.0. The lowest BCUT2D eigenvalue weighted by Gasteiger charge is -2.44. The molecule has 2 aromatic carbocycles. The van der Waals surface area contributed by atoms with E-state index in [2.05, 4.69) is 9.88 Å². The highest BCUT2D eigenvalue weighted by atomic mass is 19.1. The third-order valence-electron chi connectivity index (χ3n) is 7.80. The number of rotatable bonds is 4. The molecule has 2 fully saturated rings. The first-order chi connectivity index (χ1) is 18.4. The Labute approximate surface area is 220 Å². The van der Waals surface area contributed by atoms with E-state index in [0.29, 0.717) is 44.6 Å². The molecule has 0 saturated carbocycles. The topological polar surface area (TPSA) is 71.3 Å². The van der Waals surface area contributed by atoms with Crippen molar-refractivity contribution < 1.29 is 14.0 Å². The molecule has 8 heteroatoms. The maximum Gasteiger partial charge on any atom is 0.274 e. The number of carbonyl (C=O) groups is 2. The molecule has 2 aromatic heterocycles. The summed E-state index contributed by atoms with van der Waals surface area (Å²) in [5.41, 5.74) is 4.28. The van der Waals surface area contributed by atoms with Crippen molar-refractivity contribution >= 4 is 17.4 Å². The number of aromatic nitrogens is 3. The highest BCUT2D eigenvalue weighted by molar-refractivity contribution is 5.97. The summed E-state index contributed by atoms with van der Waals surface area (Å²) in [5.74, 6) is -0.262. The average Bonchev–Trinajstić information content (AvgIpc) is 3.52. The molecule has 0 N–H and O–H groups in total. The van der Waals surface area contributed by atoms with Crippen LogP contribution >= 0.6 is 0 Å². The SMILES string of the molecule is Cc1ccc(-n2nc(C(=O)N3CCC4(CC3)C(=O)CCN4c3ccc(F)cc3)cc2-c2ccncc2)cc1. The van der Waals surface area contributed by atoms with Crippen LogP contribution in [0.25, 0.3) is 16.9 Å². The third kappa shape index (κ3) is 4.16. The number of Topliss-reactive ketones (excluding diaryl/α,β-unsaturated/α-hetero) is 1. The summed E-state index contributed by atoms with van der Waals surface area (Å²) >= 11 is 0. The second kappa shape index (κ2) is 9.52. The van der Waals surface area contributed by atoms with Crippen molar-refractivity contribution in [2.24, 2.45) is 0 Å². The number of anilines is 1. The number of pyridine rings is 1. The summed E-state index contributed by atoms with van der Waals surface area (Å²) in [5, 5.41) is 4.73. The van der Waals surface area contributed by atoms with E-state index >= 15 is 0 Å². The minimum Gasteiger partial charge on any atom is -0.358 e. The first-order valence-corrected chi connectivity index (χ1v) is 12.9. The fourth-order valence-electron chi connectivity index (χ4n) is 5.70. The van der Waals surface area contributed by atoms with Gasteiger partial charge in [-0.3, -0.25) is 14.6 Å². The molecule has 1 amide bonds. The zero-order valence-electron chi connectivity index (χ0n) is 21.2. The van der Waals surface area contributed by atoms with Crippen molar-refractivity contribution in [2.45, 2.75) is 31.7 Å². The lowest BCUT2D eigenvalue weighted by molar-refractivity contribution is -0.123. The summed E-state index contributed by atoms with van der Waals surface area (Å²) in [7, 11) is 0. The van der Waals surface area contributed by atoms with Crippen LogP contribution in [0, 0.1) is 12.7 Å². The third-order valence-corrected chi connectivity index (χ3v) is 7.80. The molecular weight excluding hydrogens is 481 g/mol. The summed E-state index contributed by atoms with van der Waals surface area (Å²) in [6.07, 6.45) is 4.97. The van der Waals surface area contributed by atoms with Gasteiger partial charge in [0.2, 0.25) is 0 Å². The van der Waals surface area contributed by atoms with Crippen LogP contribution in [0.2, 0.25) is 0 Å². The van der Waals surface area contributed by atoms with Gasteiger partial charge in [-0.25, -0.2) is 9.07 Å². The number of benzene rings is 2. The number of likely N-dealkylation sites (tertiary alicyclic amines) is 1. The quantitative estimate of drug-likeness (QED) is 0.394. The minimum absolute atomic E-state index is 0.153. The fourth-order valence-corrected chi connectivity index (χ4v) is 5.70. The number of hydrogen-bond acceptors (Lipinski definition) is 5. The van der Waals surface area contributed by atoms with E-state index in [9.17, 15) is 14.0 Å². The predicted octanol–water partition coefficient (Wildman–Crippen LogP) is 4.84. The molecular formula is C30H28FN5O2. The van der Waals surface area contributed by atoms with Gasteiger partial charge in [-0.05, 0) is 74.4 Å². The first kappa shape index (κ1) is 24.0. The minimum atomic E-state index is -0.655. The standard InChI is InChI=1S/C30H28FN5O2/c1-21-2-6-25(7-3-21)36-27(22-10-15-32-16-11-22)20-26(33-36)29(38)34-18-13-30(14-19-34)28(37)12-17-35(30)24-8-4-23(31)5-9-24/h2-11,15-16,20H,12-14,17-19H2,1H3. The van der Waals surface area contributed by atoms with Gasteiger partial charge in [0.15, 0.2) is 11.5 Å². The van der Waals surface area contributed by atoms with Gasteiger partial charge < -0.3 is 9.80 Å². The summed E-state index contributed by atoms with van der Waals surface area (Å²) in [6, 6.07) is 19.9. The van der Waals surface area contributed by atoms with Crippen LogP contribution in [-0.4, -0.2) is 56.5 Å². The number of amides is 1. The van der Waals surface area contributed by atoms with Crippen molar-refractivity contribution in [3.05, 3.63) is 96.2 Å². The van der Waals surface area contributed by atoms with Crippen molar-refractivity contribution in [2.75, 3.05) is 24.5 Å². The summed E-state index contributed by atoms with van der Waals surface area (Å²) < 4.78 is 15.3. The van der Waals surface area contributed by atoms with Crippen LogP contribution < -0.4 is 4.90 Å². The highest BCUT2D eigenvalue weighted by Crippen LogP contribution is 2.39. The molecule has 0 unspecified atom stereocenters. The molecule has 4 aromatic rings. The van der Waals surface area contributed by atoms with Crippen LogP contribution in [0.5, 0.6) is 0 Å². The van der Waals surface area contributed by atoms with Gasteiger partial charge in [0, 0.05) is 49.7 Å². The van der Waals surface area contributed by atoms with Crippen LogP contribution in [0.4, 0.5) is 10.1 Å². The van der Waals surface area contributed by atoms with E-state index in [0.717, 1.165) is 28.2 Å². The smallest absolute Gasteiger partial charge is 0.274 e. The second-order valence-electron chi connectivity index (χ2n) is 10.0. The van der Waals surface area contributed by atoms with Crippen molar-refractivity contribution in [3.8, 4) is 16.9 Å². The molecule has 6 rings (SSSR count). The van der Waals surface area contributed by atoms with Gasteiger partial charge in [0.25, 0.3) is 5.91 Å². The van der Waals surface area contributed by atoms with Crippen molar-refractivity contribution in [1.82, 2.24) is 19.7 Å². The number of aryl methyl sites for hydroxylation is 1. The number of piperidine rings is 1. The molecule has 2 aliphatic rings. The average molecular weight is 510 g/mol. The van der Waals surface area contributed by atoms with Gasteiger partial charge in [0.1, 0.15) is 11.4 Å². The van der Waals surface area contributed by atoms with E-state index < -0.39 is 5.54 Å². The van der Waals surface area contributed by atoms with E-state index in [1.165, 1.54) is 12.1 Å². The summed E-state index contributed by atoms with van der Waals surface area (Å²) in [4.78, 5) is 34.8. The molecule has 0 atom stereocenters. The van der Waals surface area contributed by atoms with Gasteiger partial charge in [-0.15, -0.1) is 0 Å². The van der Waals surface area contributed by atoms with E-state index in [1.807, 2.05) is 49.4 Å². The Morgan fingerprint density at radius 3 is 2.24 bits per heavy atom. The Balaban J connectivity index is 1.26. The van der Waals surface area contributed by atoms with Crippen LogP contribution in [-0.2, 0) is 4.79 Å². The van der Waals surface area contributed by atoms with Crippen LogP contribution in [0.3, 0.4) is 0 Å². The molecule has 4 heterocycles. The number of nitrogens with zero attached hydrogens (tertiary/aromatic N) is 5. The molecule has 2 saturated heterocycles. The molecule has 0 radical (unpaired) electrons. The number of halogens is 1. The fraction of sp³-hybridized carbons (Fsp3) is 0.267. The zero-order chi connectivity index (χ0) is 26.3. The zero-order valence-corrected chi connectivity index (χ0v) is 21.2. The normalized spacial score (nSPS) is 16.8. The number of ketones is 1. The Kier molecular flexibility index (Phi) is 6.02. The van der Waals surface area contributed by atoms with Gasteiger partial charge in [0.05, 0.1) is 11.4 Å². The maximum atomic E-state index is 13.7. The molecule has 38 heavy (non-hydrogen) atoms. The van der Waals surface area contributed by atoms with Gasteiger partial charge in [-0.2, -0.15) is 5.10 Å². The largest absolute Gasteiger partial charge is 0.358 e. The van der Waals surface area contributed by atoms with Crippen LogP contribution in [0.1, 0.15) is 35.3 Å². The highest BCUT2D eigenvalue weighted by Gasteiger charge is 2.50. The molecule has 2 aliphatic heterocycles. The van der Waals surface area contributed by atoms with Crippen LogP contribution in [0.15, 0.2) is 79.1 Å². The molecule has 7 nitrogen and oxygen atoms in total. The summed E-state index contributed by atoms with van der Waals surface area (Å²) in [6.45, 7) is 3.53. The van der Waals surface area contributed by atoms with E-state index in [4.69, 9.17) is 5.10 Å². The van der Waals surface area contributed by atoms with Gasteiger partial charge in [-0.1, -0.05) is 17.7 Å². The van der Waals surface area contributed by atoms with E-state index in [-0.39, 0.29) is 17.5 Å². The monoisotopic (exact) mass is 509 g/mol. The molecule has 192 valence electrons.